The lowest BCUT2D eigenvalue weighted by molar-refractivity contribution is -0.116. The molecule has 0 bridgehead atoms. The van der Waals surface area contributed by atoms with E-state index < -0.39 is 12.1 Å². The number of aliphatic hydroxyl groups excluding tert-OH is 1. The fourth-order valence-electron chi connectivity index (χ4n) is 4.94. The zero-order valence-corrected chi connectivity index (χ0v) is 21.6. The van der Waals surface area contributed by atoms with Crippen molar-refractivity contribution in [1.82, 2.24) is 19.8 Å². The minimum absolute atomic E-state index is 0.116. The van der Waals surface area contributed by atoms with Gasteiger partial charge in [-0.25, -0.2) is 0 Å². The Bertz CT molecular complexity index is 1510. The lowest BCUT2D eigenvalue weighted by Crippen LogP contribution is -2.30. The third-order valence-electron chi connectivity index (χ3n) is 6.73. The SMILES string of the molecule is CN(C)CCCNc1ccccc1C(=N)C1=C(c2cn(Cc3cccnc3)c3ccccc23)C(=O)NC1O. The van der Waals surface area contributed by atoms with E-state index in [2.05, 4.69) is 25.1 Å². The molecule has 8 nitrogen and oxygen atoms in total. The summed E-state index contributed by atoms with van der Waals surface area (Å²) >= 11 is 0. The number of hydrogen-bond donors (Lipinski definition) is 4. The van der Waals surface area contributed by atoms with Crippen molar-refractivity contribution in [2.24, 2.45) is 0 Å². The molecule has 1 amide bonds. The molecule has 2 aromatic heterocycles. The Morgan fingerprint density at radius 2 is 1.92 bits per heavy atom. The molecule has 38 heavy (non-hydrogen) atoms. The molecular formula is C30H32N6O2. The molecule has 4 aromatic rings. The number of nitrogens with one attached hydrogen (secondary N) is 3. The molecule has 2 aromatic carbocycles. The van der Waals surface area contributed by atoms with Crippen LogP contribution in [0.15, 0.2) is 84.8 Å². The van der Waals surface area contributed by atoms with Gasteiger partial charge >= 0.3 is 0 Å². The topological polar surface area (TPSA) is 106 Å². The summed E-state index contributed by atoms with van der Waals surface area (Å²) in [6.45, 7) is 2.27. The Morgan fingerprint density at radius 3 is 2.71 bits per heavy atom. The number of hydrogen-bond acceptors (Lipinski definition) is 6. The molecule has 4 N–H and O–H groups in total. The van der Waals surface area contributed by atoms with E-state index in [4.69, 9.17) is 5.41 Å². The number of amides is 1. The van der Waals surface area contributed by atoms with Crippen molar-refractivity contribution in [1.29, 1.82) is 5.41 Å². The van der Waals surface area contributed by atoms with Gasteiger partial charge in [0.1, 0.15) is 0 Å². The molecule has 0 fully saturated rings. The van der Waals surface area contributed by atoms with Crippen LogP contribution in [0.1, 0.15) is 23.1 Å². The van der Waals surface area contributed by atoms with Crippen molar-refractivity contribution < 1.29 is 9.90 Å². The van der Waals surface area contributed by atoms with E-state index in [1.54, 1.807) is 6.20 Å². The van der Waals surface area contributed by atoms with Gasteiger partial charge in [-0.2, -0.15) is 0 Å². The molecule has 0 saturated carbocycles. The Balaban J connectivity index is 1.56. The minimum atomic E-state index is -1.27. The van der Waals surface area contributed by atoms with Gasteiger partial charge in [-0.1, -0.05) is 42.5 Å². The second-order valence-corrected chi connectivity index (χ2v) is 9.72. The van der Waals surface area contributed by atoms with Crippen LogP contribution in [0.2, 0.25) is 0 Å². The van der Waals surface area contributed by atoms with Crippen LogP contribution in [0, 0.1) is 5.41 Å². The summed E-state index contributed by atoms with van der Waals surface area (Å²) in [5.41, 5.74) is 4.84. The van der Waals surface area contributed by atoms with E-state index in [-0.39, 0.29) is 11.3 Å². The van der Waals surface area contributed by atoms with Gasteiger partial charge in [0.25, 0.3) is 5.91 Å². The summed E-state index contributed by atoms with van der Waals surface area (Å²) < 4.78 is 2.08. The van der Waals surface area contributed by atoms with Crippen molar-refractivity contribution in [2.45, 2.75) is 19.2 Å². The lowest BCUT2D eigenvalue weighted by atomic mass is 9.93. The first-order chi connectivity index (χ1) is 18.4. The Morgan fingerprint density at radius 1 is 1.13 bits per heavy atom. The third kappa shape index (κ3) is 5.09. The van der Waals surface area contributed by atoms with Gasteiger partial charge in [-0.05, 0) is 50.8 Å². The predicted octanol–water partition coefficient (Wildman–Crippen LogP) is 3.72. The van der Waals surface area contributed by atoms with Gasteiger partial charge in [-0.15, -0.1) is 0 Å². The van der Waals surface area contributed by atoms with Crippen molar-refractivity contribution in [3.8, 4) is 0 Å². The second-order valence-electron chi connectivity index (χ2n) is 9.72. The standard InChI is InChI=1S/C30H32N6O2/c1-35(2)16-8-15-33-24-12-5-3-11-22(24)28(31)27-26(29(37)34-30(27)38)23-19-36(18-20-9-7-14-32-17-20)25-13-6-4-10-21(23)25/h3-7,9-14,17,19,30-31,33,38H,8,15-16,18H2,1-2H3,(H,34,37). The predicted molar refractivity (Wildman–Crippen MR) is 151 cm³/mol. The summed E-state index contributed by atoms with van der Waals surface area (Å²) in [5, 5.41) is 27.0. The molecule has 1 atom stereocenters. The van der Waals surface area contributed by atoms with Crippen LogP contribution in [0.4, 0.5) is 5.69 Å². The van der Waals surface area contributed by atoms with Gasteiger partial charge in [0.15, 0.2) is 6.23 Å². The number of anilines is 1. The van der Waals surface area contributed by atoms with Crippen LogP contribution >= 0.6 is 0 Å². The van der Waals surface area contributed by atoms with Crippen molar-refractivity contribution >= 4 is 33.8 Å². The van der Waals surface area contributed by atoms with Crippen molar-refractivity contribution in [2.75, 3.05) is 32.5 Å². The van der Waals surface area contributed by atoms with Gasteiger partial charge in [-0.3, -0.25) is 15.2 Å². The third-order valence-corrected chi connectivity index (χ3v) is 6.73. The molecule has 0 saturated heterocycles. The molecular weight excluding hydrogens is 476 g/mol. The number of carbonyl (C=O) groups is 1. The normalized spacial score (nSPS) is 15.4. The highest BCUT2D eigenvalue weighted by molar-refractivity contribution is 6.34. The maximum atomic E-state index is 13.2. The van der Waals surface area contributed by atoms with Crippen LogP contribution in [-0.4, -0.2) is 64.6 Å². The minimum Gasteiger partial charge on any atom is -0.384 e. The van der Waals surface area contributed by atoms with E-state index in [0.29, 0.717) is 23.2 Å². The summed E-state index contributed by atoms with van der Waals surface area (Å²) in [5.74, 6) is -0.391. The number of benzene rings is 2. The number of rotatable bonds is 10. The largest absolute Gasteiger partial charge is 0.384 e. The Hall–Kier alpha value is -4.27. The molecule has 1 unspecified atom stereocenters. The monoisotopic (exact) mass is 508 g/mol. The molecule has 194 valence electrons. The molecule has 0 spiro atoms. The molecule has 1 aliphatic heterocycles. The van der Waals surface area contributed by atoms with Crippen LogP contribution in [0.5, 0.6) is 0 Å². The zero-order chi connectivity index (χ0) is 26.6. The zero-order valence-electron chi connectivity index (χ0n) is 21.6. The highest BCUT2D eigenvalue weighted by Gasteiger charge is 2.36. The molecule has 0 radical (unpaired) electrons. The first-order valence-corrected chi connectivity index (χ1v) is 12.7. The van der Waals surface area contributed by atoms with Gasteiger partial charge in [0.2, 0.25) is 0 Å². The second kappa shape index (κ2) is 11.0. The van der Waals surface area contributed by atoms with Gasteiger partial charge in [0, 0.05) is 65.0 Å². The summed E-state index contributed by atoms with van der Waals surface area (Å²) in [6, 6.07) is 19.3. The van der Waals surface area contributed by atoms with Gasteiger partial charge in [0.05, 0.1) is 11.3 Å². The number of aliphatic hydroxyl groups is 1. The number of para-hydroxylation sites is 2. The molecule has 3 heterocycles. The summed E-state index contributed by atoms with van der Waals surface area (Å²) in [4.78, 5) is 19.6. The van der Waals surface area contributed by atoms with Crippen LogP contribution in [0.25, 0.3) is 16.5 Å². The molecule has 0 aliphatic carbocycles. The number of nitrogens with zero attached hydrogens (tertiary/aromatic N) is 3. The van der Waals surface area contributed by atoms with Crippen LogP contribution < -0.4 is 10.6 Å². The van der Waals surface area contributed by atoms with Crippen LogP contribution in [0.3, 0.4) is 0 Å². The maximum absolute atomic E-state index is 13.2. The Kier molecular flexibility index (Phi) is 7.35. The fourth-order valence-corrected chi connectivity index (χ4v) is 4.94. The maximum Gasteiger partial charge on any atom is 0.254 e. The lowest BCUT2D eigenvalue weighted by Gasteiger charge is -2.16. The van der Waals surface area contributed by atoms with Gasteiger partial charge < -0.3 is 25.2 Å². The first kappa shape index (κ1) is 25.4. The number of carbonyl (C=O) groups excluding carboxylic acids is 1. The van der Waals surface area contributed by atoms with E-state index in [9.17, 15) is 9.90 Å². The first-order valence-electron chi connectivity index (χ1n) is 12.7. The van der Waals surface area contributed by atoms with E-state index in [1.165, 1.54) is 0 Å². The fraction of sp³-hybridized carbons (Fsp3) is 0.233. The average molecular weight is 509 g/mol. The highest BCUT2D eigenvalue weighted by atomic mass is 16.3. The Labute approximate surface area is 222 Å². The quantitative estimate of drug-likeness (QED) is 0.193. The smallest absolute Gasteiger partial charge is 0.254 e. The number of fused-ring (bicyclic) bond motifs is 1. The summed E-state index contributed by atoms with van der Waals surface area (Å²) in [7, 11) is 4.08. The molecule has 1 aliphatic rings. The van der Waals surface area contributed by atoms with E-state index >= 15 is 0 Å². The van der Waals surface area contributed by atoms with E-state index in [0.717, 1.165) is 41.7 Å². The average Bonchev–Trinajstić information content (AvgIpc) is 3.42. The number of aromatic nitrogens is 2. The van der Waals surface area contributed by atoms with E-state index in [1.807, 2.05) is 87.2 Å². The highest BCUT2D eigenvalue weighted by Crippen LogP contribution is 2.35. The summed E-state index contributed by atoms with van der Waals surface area (Å²) in [6.07, 6.45) is 5.17. The number of pyridine rings is 1. The van der Waals surface area contributed by atoms with Crippen molar-refractivity contribution in [3.05, 3.63) is 102 Å². The van der Waals surface area contributed by atoms with Crippen molar-refractivity contribution in [3.63, 3.8) is 0 Å². The van der Waals surface area contributed by atoms with Crippen LogP contribution in [-0.2, 0) is 11.3 Å². The molecule has 8 heteroatoms. The molecule has 5 rings (SSSR count).